The minimum absolute atomic E-state index is 0.0611. The zero-order chi connectivity index (χ0) is 22.7. The number of alkyl halides is 3. The molecule has 3 aromatic rings. The predicted molar refractivity (Wildman–Crippen MR) is 118 cm³/mol. The maximum absolute atomic E-state index is 12.9. The lowest BCUT2D eigenvalue weighted by atomic mass is 10.0. The van der Waals surface area contributed by atoms with Gasteiger partial charge in [-0.3, -0.25) is 4.79 Å². The molecule has 1 aromatic heterocycles. The normalized spacial score (nSPS) is 16.8. The fourth-order valence-corrected chi connectivity index (χ4v) is 3.91. The summed E-state index contributed by atoms with van der Waals surface area (Å²) in [5.41, 5.74) is -0.116. The van der Waals surface area contributed by atoms with E-state index in [1.807, 2.05) is 24.3 Å². The molecule has 1 fully saturated rings. The summed E-state index contributed by atoms with van der Waals surface area (Å²) in [5, 5.41) is 3.33. The maximum atomic E-state index is 12.9. The number of para-hydroxylation sites is 1. The van der Waals surface area contributed by atoms with E-state index >= 15 is 0 Å². The molecule has 0 spiro atoms. The van der Waals surface area contributed by atoms with Gasteiger partial charge >= 0.3 is 6.18 Å². The van der Waals surface area contributed by atoms with E-state index in [1.54, 1.807) is 6.07 Å². The van der Waals surface area contributed by atoms with Crippen molar-refractivity contribution in [2.75, 3.05) is 29.9 Å². The average Bonchev–Trinajstić information content (AvgIpc) is 2.77. The second-order valence-electron chi connectivity index (χ2n) is 8.11. The number of aromatic nitrogens is 1. The third-order valence-electron chi connectivity index (χ3n) is 5.48. The Morgan fingerprint density at radius 1 is 1.19 bits per heavy atom. The monoisotopic (exact) mass is 443 g/mol. The number of benzene rings is 2. The largest absolute Gasteiger partial charge is 0.481 e. The van der Waals surface area contributed by atoms with E-state index in [4.69, 9.17) is 9.72 Å². The number of carbonyl (C=O) groups excluding carboxylic acids is 1. The van der Waals surface area contributed by atoms with E-state index in [9.17, 15) is 18.0 Å². The smallest absolute Gasteiger partial charge is 0.416 e. The molecule has 0 bridgehead atoms. The molecule has 0 radical (unpaired) electrons. The van der Waals surface area contributed by atoms with E-state index in [0.29, 0.717) is 17.2 Å². The molecule has 5 nitrogen and oxygen atoms in total. The quantitative estimate of drug-likeness (QED) is 0.565. The highest BCUT2D eigenvalue weighted by molar-refractivity contribution is 5.92. The topological polar surface area (TPSA) is 54.5 Å². The van der Waals surface area contributed by atoms with Crippen LogP contribution in [0.25, 0.3) is 10.9 Å². The van der Waals surface area contributed by atoms with Crippen LogP contribution in [0.15, 0.2) is 54.6 Å². The summed E-state index contributed by atoms with van der Waals surface area (Å²) in [7, 11) is 0. The predicted octanol–water partition coefficient (Wildman–Crippen LogP) is 5.51. The molecule has 4 rings (SSSR count). The number of carbonyl (C=O) groups is 1. The van der Waals surface area contributed by atoms with Crippen molar-refractivity contribution in [2.45, 2.75) is 25.9 Å². The lowest BCUT2D eigenvalue weighted by Crippen LogP contribution is -2.34. The van der Waals surface area contributed by atoms with Gasteiger partial charge in [-0.25, -0.2) is 4.98 Å². The number of ether oxygens (including phenoxy) is 1. The Labute approximate surface area is 184 Å². The Hall–Kier alpha value is -3.29. The zero-order valence-electron chi connectivity index (χ0n) is 17.7. The Balaban J connectivity index is 1.47. The first-order valence-electron chi connectivity index (χ1n) is 10.5. The van der Waals surface area contributed by atoms with E-state index < -0.39 is 17.6 Å². The molecule has 0 unspecified atom stereocenters. The van der Waals surface area contributed by atoms with Gasteiger partial charge in [0.15, 0.2) is 6.61 Å². The van der Waals surface area contributed by atoms with E-state index in [0.717, 1.165) is 42.8 Å². The molecule has 8 heteroatoms. The van der Waals surface area contributed by atoms with Crippen LogP contribution in [0.3, 0.4) is 0 Å². The van der Waals surface area contributed by atoms with E-state index in [1.165, 1.54) is 18.6 Å². The first kappa shape index (κ1) is 21.9. The number of nitrogens with zero attached hydrogens (tertiary/aromatic N) is 2. The van der Waals surface area contributed by atoms with Gasteiger partial charge in [0.25, 0.3) is 5.91 Å². The molecule has 1 N–H and O–H groups in total. The highest BCUT2D eigenvalue weighted by atomic mass is 19.4. The number of halogens is 3. The van der Waals surface area contributed by atoms with Crippen LogP contribution < -0.4 is 15.0 Å². The Morgan fingerprint density at radius 2 is 2.00 bits per heavy atom. The van der Waals surface area contributed by atoms with Crippen LogP contribution in [0.2, 0.25) is 0 Å². The molecule has 1 aliphatic heterocycles. The summed E-state index contributed by atoms with van der Waals surface area (Å²) in [6.07, 6.45) is -2.15. The van der Waals surface area contributed by atoms with Crippen molar-refractivity contribution in [3.8, 4) is 5.75 Å². The van der Waals surface area contributed by atoms with Crippen LogP contribution in [-0.4, -0.2) is 30.6 Å². The third kappa shape index (κ3) is 5.12. The van der Waals surface area contributed by atoms with Crippen LogP contribution >= 0.6 is 0 Å². The summed E-state index contributed by atoms with van der Waals surface area (Å²) in [5.74, 6) is 1.37. The molecule has 2 heterocycles. The standard InChI is InChI=1S/C24H24F3N3O2/c1-16-5-4-12-30(14-16)21-11-10-17-6-2-9-20(23(17)29-21)32-15-22(31)28-19-8-3-7-18(13-19)24(25,26)27/h2-3,6-11,13,16H,4-5,12,14-15H2,1H3,(H,28,31)/t16-/m1/s1. The summed E-state index contributed by atoms with van der Waals surface area (Å²) in [4.78, 5) is 19.3. The molecule has 2 aromatic carbocycles. The molecule has 1 atom stereocenters. The maximum Gasteiger partial charge on any atom is 0.416 e. The van der Waals surface area contributed by atoms with Gasteiger partial charge in [0.2, 0.25) is 0 Å². The van der Waals surface area contributed by atoms with Crippen molar-refractivity contribution in [1.29, 1.82) is 0 Å². The van der Waals surface area contributed by atoms with Crippen molar-refractivity contribution in [3.63, 3.8) is 0 Å². The molecule has 32 heavy (non-hydrogen) atoms. The van der Waals surface area contributed by atoms with Crippen LogP contribution in [0.4, 0.5) is 24.7 Å². The molecular weight excluding hydrogens is 419 g/mol. The number of hydrogen-bond acceptors (Lipinski definition) is 4. The van der Waals surface area contributed by atoms with Crippen molar-refractivity contribution >= 4 is 28.3 Å². The van der Waals surface area contributed by atoms with Crippen LogP contribution in [0.5, 0.6) is 5.75 Å². The fourth-order valence-electron chi connectivity index (χ4n) is 3.91. The van der Waals surface area contributed by atoms with Crippen molar-refractivity contribution < 1.29 is 22.7 Å². The van der Waals surface area contributed by atoms with Gasteiger partial charge in [0.1, 0.15) is 17.1 Å². The number of hydrogen-bond donors (Lipinski definition) is 1. The third-order valence-corrected chi connectivity index (χ3v) is 5.48. The average molecular weight is 443 g/mol. The summed E-state index contributed by atoms with van der Waals surface area (Å²) in [6, 6.07) is 13.9. The van der Waals surface area contributed by atoms with Crippen molar-refractivity contribution in [1.82, 2.24) is 4.98 Å². The first-order chi connectivity index (χ1) is 15.3. The van der Waals surface area contributed by atoms with Gasteiger partial charge in [-0.05, 0) is 55.2 Å². The highest BCUT2D eigenvalue weighted by Crippen LogP contribution is 2.31. The van der Waals surface area contributed by atoms with Crippen LogP contribution in [-0.2, 0) is 11.0 Å². The Kier molecular flexibility index (Phi) is 6.21. The van der Waals surface area contributed by atoms with Gasteiger partial charge in [-0.1, -0.05) is 25.1 Å². The van der Waals surface area contributed by atoms with Gasteiger partial charge < -0.3 is 15.0 Å². The van der Waals surface area contributed by atoms with Crippen molar-refractivity contribution in [2.24, 2.45) is 5.92 Å². The van der Waals surface area contributed by atoms with Crippen LogP contribution in [0.1, 0.15) is 25.3 Å². The molecule has 0 saturated carbocycles. The minimum atomic E-state index is -4.48. The molecule has 0 aliphatic carbocycles. The lowest BCUT2D eigenvalue weighted by Gasteiger charge is -2.32. The van der Waals surface area contributed by atoms with Crippen LogP contribution in [0, 0.1) is 5.92 Å². The number of rotatable bonds is 5. The van der Waals surface area contributed by atoms with Crippen molar-refractivity contribution in [3.05, 3.63) is 60.2 Å². The molecular formula is C24H24F3N3O2. The molecule has 1 aliphatic rings. The molecule has 1 amide bonds. The number of amides is 1. The Bertz CT molecular complexity index is 1120. The number of pyridine rings is 1. The number of nitrogens with one attached hydrogen (secondary N) is 1. The lowest BCUT2D eigenvalue weighted by molar-refractivity contribution is -0.137. The second kappa shape index (κ2) is 9.06. The number of anilines is 2. The summed E-state index contributed by atoms with van der Waals surface area (Å²) >= 11 is 0. The summed E-state index contributed by atoms with van der Waals surface area (Å²) in [6.45, 7) is 3.78. The summed E-state index contributed by atoms with van der Waals surface area (Å²) < 4.78 is 44.3. The molecule has 168 valence electrons. The van der Waals surface area contributed by atoms with Gasteiger partial charge in [-0.15, -0.1) is 0 Å². The first-order valence-corrected chi connectivity index (χ1v) is 10.5. The number of fused-ring (bicyclic) bond motifs is 1. The Morgan fingerprint density at radius 3 is 2.78 bits per heavy atom. The van der Waals surface area contributed by atoms with E-state index in [-0.39, 0.29) is 12.3 Å². The fraction of sp³-hybridized carbons (Fsp3) is 0.333. The highest BCUT2D eigenvalue weighted by Gasteiger charge is 2.30. The second-order valence-corrected chi connectivity index (χ2v) is 8.11. The van der Waals surface area contributed by atoms with Gasteiger partial charge in [0.05, 0.1) is 5.56 Å². The number of piperidine rings is 1. The SMILES string of the molecule is C[C@@H]1CCCN(c2ccc3cccc(OCC(=O)Nc4cccc(C(F)(F)F)c4)c3n2)C1. The zero-order valence-corrected chi connectivity index (χ0v) is 17.7. The van der Waals surface area contributed by atoms with E-state index in [2.05, 4.69) is 17.1 Å². The van der Waals surface area contributed by atoms with Gasteiger partial charge in [0, 0.05) is 24.2 Å². The van der Waals surface area contributed by atoms with Gasteiger partial charge in [-0.2, -0.15) is 13.2 Å². The minimum Gasteiger partial charge on any atom is -0.481 e. The molecule has 1 saturated heterocycles.